The number of rotatable bonds is 0. The summed E-state index contributed by atoms with van der Waals surface area (Å²) in [7, 11) is 0. The predicted octanol–water partition coefficient (Wildman–Crippen LogP) is 5.22. The van der Waals surface area contributed by atoms with Crippen LogP contribution in [-0.2, 0) is 0 Å². The van der Waals surface area contributed by atoms with Crippen molar-refractivity contribution >= 4 is 56.6 Å². The maximum Gasteiger partial charge on any atom is 0.140 e. The van der Waals surface area contributed by atoms with E-state index in [0.717, 1.165) is 21.8 Å². The Balaban J connectivity index is 0.000000136. The second-order valence-electron chi connectivity index (χ2n) is 4.51. The van der Waals surface area contributed by atoms with Crippen LogP contribution in [0.1, 0.15) is 0 Å². The van der Waals surface area contributed by atoms with E-state index < -0.39 is 0 Å². The SMILES string of the molecule is Clc1ccc2ncnc(Cl)c2c1.Clc1ncnc2ccccc12. The molecule has 2 aromatic carbocycles. The van der Waals surface area contributed by atoms with Crippen molar-refractivity contribution in [2.24, 2.45) is 0 Å². The second-order valence-corrected chi connectivity index (χ2v) is 5.66. The van der Waals surface area contributed by atoms with Gasteiger partial charge in [0.15, 0.2) is 0 Å². The lowest BCUT2D eigenvalue weighted by Crippen LogP contribution is -1.82. The van der Waals surface area contributed by atoms with Gasteiger partial charge in [0.25, 0.3) is 0 Å². The van der Waals surface area contributed by atoms with Crippen molar-refractivity contribution in [1.82, 2.24) is 19.9 Å². The summed E-state index contributed by atoms with van der Waals surface area (Å²) < 4.78 is 0. The van der Waals surface area contributed by atoms with Crippen LogP contribution in [0.25, 0.3) is 21.8 Å². The summed E-state index contributed by atoms with van der Waals surface area (Å²) in [6.45, 7) is 0. The van der Waals surface area contributed by atoms with Crippen molar-refractivity contribution in [1.29, 1.82) is 0 Å². The molecular formula is C16H9Cl3N4. The first-order valence-corrected chi connectivity index (χ1v) is 7.69. The van der Waals surface area contributed by atoms with Crippen molar-refractivity contribution in [3.63, 3.8) is 0 Å². The Bertz CT molecular complexity index is 970. The smallest absolute Gasteiger partial charge is 0.140 e. The molecule has 0 N–H and O–H groups in total. The summed E-state index contributed by atoms with van der Waals surface area (Å²) in [5.41, 5.74) is 1.69. The maximum atomic E-state index is 5.82. The molecule has 0 fully saturated rings. The van der Waals surface area contributed by atoms with Crippen molar-refractivity contribution in [3.05, 3.63) is 70.4 Å². The van der Waals surface area contributed by atoms with Crippen molar-refractivity contribution in [2.45, 2.75) is 0 Å². The number of benzene rings is 2. The number of aromatic nitrogens is 4. The van der Waals surface area contributed by atoms with Crippen LogP contribution in [0.3, 0.4) is 0 Å². The van der Waals surface area contributed by atoms with E-state index in [9.17, 15) is 0 Å². The molecule has 2 heterocycles. The zero-order valence-corrected chi connectivity index (χ0v) is 13.9. The zero-order valence-electron chi connectivity index (χ0n) is 11.6. The average molecular weight is 364 g/mol. The highest BCUT2D eigenvalue weighted by atomic mass is 35.5. The number of hydrogen-bond donors (Lipinski definition) is 0. The van der Waals surface area contributed by atoms with E-state index in [1.807, 2.05) is 30.3 Å². The van der Waals surface area contributed by atoms with Gasteiger partial charge in [-0.25, -0.2) is 19.9 Å². The Hall–Kier alpha value is -2.01. The summed E-state index contributed by atoms with van der Waals surface area (Å²) in [6.07, 6.45) is 2.89. The van der Waals surface area contributed by atoms with Gasteiger partial charge in [-0.3, -0.25) is 0 Å². The van der Waals surface area contributed by atoms with Gasteiger partial charge < -0.3 is 0 Å². The minimum Gasteiger partial charge on any atom is -0.236 e. The van der Waals surface area contributed by atoms with Crippen LogP contribution in [-0.4, -0.2) is 19.9 Å². The molecule has 0 aliphatic carbocycles. The van der Waals surface area contributed by atoms with Crippen LogP contribution in [0.4, 0.5) is 0 Å². The molecule has 0 unspecified atom stereocenters. The van der Waals surface area contributed by atoms with Crippen molar-refractivity contribution < 1.29 is 0 Å². The van der Waals surface area contributed by atoms with Gasteiger partial charge in [-0.15, -0.1) is 0 Å². The van der Waals surface area contributed by atoms with E-state index >= 15 is 0 Å². The summed E-state index contributed by atoms with van der Waals surface area (Å²) in [4.78, 5) is 15.8. The molecule has 0 amide bonds. The molecule has 114 valence electrons. The molecule has 0 bridgehead atoms. The second kappa shape index (κ2) is 7.04. The van der Waals surface area contributed by atoms with Crippen LogP contribution >= 0.6 is 34.8 Å². The van der Waals surface area contributed by atoms with Gasteiger partial charge in [-0.1, -0.05) is 46.9 Å². The van der Waals surface area contributed by atoms with Gasteiger partial charge in [0.05, 0.1) is 11.0 Å². The van der Waals surface area contributed by atoms with Gasteiger partial charge in [-0.05, 0) is 30.3 Å². The first-order chi connectivity index (χ1) is 11.1. The highest BCUT2D eigenvalue weighted by Gasteiger charge is 2.00. The summed E-state index contributed by atoms with van der Waals surface area (Å²) in [5.74, 6) is 0. The molecule has 23 heavy (non-hydrogen) atoms. The molecule has 0 saturated heterocycles. The molecule has 0 aliphatic heterocycles. The van der Waals surface area contributed by atoms with E-state index in [0.29, 0.717) is 15.3 Å². The molecular weight excluding hydrogens is 355 g/mol. The molecule has 0 saturated carbocycles. The van der Waals surface area contributed by atoms with Gasteiger partial charge >= 0.3 is 0 Å². The Kier molecular flexibility index (Phi) is 4.86. The van der Waals surface area contributed by atoms with E-state index in [1.54, 1.807) is 12.1 Å². The lowest BCUT2D eigenvalue weighted by molar-refractivity contribution is 1.22. The van der Waals surface area contributed by atoms with E-state index in [-0.39, 0.29) is 0 Å². The zero-order chi connectivity index (χ0) is 16.2. The molecule has 0 aliphatic rings. The topological polar surface area (TPSA) is 51.6 Å². The number of halogens is 3. The molecule has 0 radical (unpaired) electrons. The van der Waals surface area contributed by atoms with Gasteiger partial charge in [-0.2, -0.15) is 0 Å². The minimum absolute atomic E-state index is 0.433. The third-order valence-electron chi connectivity index (χ3n) is 3.04. The fourth-order valence-electron chi connectivity index (χ4n) is 1.97. The fourth-order valence-corrected chi connectivity index (χ4v) is 2.54. The number of hydrogen-bond acceptors (Lipinski definition) is 4. The summed E-state index contributed by atoms with van der Waals surface area (Å²) >= 11 is 17.4. The first kappa shape index (κ1) is 15.9. The third-order valence-corrected chi connectivity index (χ3v) is 3.88. The normalized spacial score (nSPS) is 10.4. The Morgan fingerprint density at radius 3 is 1.91 bits per heavy atom. The summed E-state index contributed by atoms with van der Waals surface area (Å²) in [5, 5.41) is 3.26. The molecule has 4 rings (SSSR count). The minimum atomic E-state index is 0.433. The largest absolute Gasteiger partial charge is 0.236 e. The number of nitrogens with zero attached hydrogens (tertiary/aromatic N) is 4. The first-order valence-electron chi connectivity index (χ1n) is 6.56. The standard InChI is InChI=1S/C8H4Cl2N2.C8H5ClN2/c9-5-1-2-7-6(3-5)8(10)12-4-11-7;9-8-6-3-1-2-4-7(6)10-5-11-8/h1-4H;1-5H. The van der Waals surface area contributed by atoms with Crippen molar-refractivity contribution in [3.8, 4) is 0 Å². The molecule has 7 heteroatoms. The average Bonchev–Trinajstić information content (AvgIpc) is 2.57. The highest BCUT2D eigenvalue weighted by Crippen LogP contribution is 2.22. The van der Waals surface area contributed by atoms with Gasteiger partial charge in [0.2, 0.25) is 0 Å². The van der Waals surface area contributed by atoms with Crippen LogP contribution in [0.5, 0.6) is 0 Å². The maximum absolute atomic E-state index is 5.82. The van der Waals surface area contributed by atoms with Crippen molar-refractivity contribution in [2.75, 3.05) is 0 Å². The lowest BCUT2D eigenvalue weighted by atomic mass is 10.2. The third kappa shape index (κ3) is 3.67. The van der Waals surface area contributed by atoms with E-state index in [4.69, 9.17) is 34.8 Å². The quantitative estimate of drug-likeness (QED) is 0.402. The Morgan fingerprint density at radius 1 is 0.609 bits per heavy atom. The van der Waals surface area contributed by atoms with E-state index in [1.165, 1.54) is 12.7 Å². The molecule has 0 spiro atoms. The molecule has 4 nitrogen and oxygen atoms in total. The van der Waals surface area contributed by atoms with Crippen LogP contribution in [0.15, 0.2) is 55.1 Å². The van der Waals surface area contributed by atoms with Crippen LogP contribution in [0.2, 0.25) is 15.3 Å². The fraction of sp³-hybridized carbons (Fsp3) is 0. The van der Waals surface area contributed by atoms with Crippen LogP contribution < -0.4 is 0 Å². The highest BCUT2D eigenvalue weighted by molar-refractivity contribution is 6.35. The number of para-hydroxylation sites is 1. The van der Waals surface area contributed by atoms with Gasteiger partial charge in [0, 0.05) is 15.8 Å². The Labute approximate surface area is 147 Å². The van der Waals surface area contributed by atoms with Crippen LogP contribution in [0, 0.1) is 0 Å². The predicted molar refractivity (Wildman–Crippen MR) is 94.1 cm³/mol. The Morgan fingerprint density at radius 2 is 1.22 bits per heavy atom. The van der Waals surface area contributed by atoms with Gasteiger partial charge in [0.1, 0.15) is 23.0 Å². The molecule has 0 atom stereocenters. The molecule has 4 aromatic rings. The summed E-state index contributed by atoms with van der Waals surface area (Å²) in [6, 6.07) is 13.0. The molecule has 2 aromatic heterocycles. The number of fused-ring (bicyclic) bond motifs is 2. The van der Waals surface area contributed by atoms with E-state index in [2.05, 4.69) is 19.9 Å². The monoisotopic (exact) mass is 362 g/mol. The lowest BCUT2D eigenvalue weighted by Gasteiger charge is -1.97.